The SMILES string of the molecule is CO[C@H]1OC[C@H](O)[C@@H](O)[C@H]1O. The van der Waals surface area contributed by atoms with E-state index in [0.717, 1.165) is 0 Å². The first-order valence-corrected chi connectivity index (χ1v) is 3.35. The average Bonchev–Trinajstić information content (AvgIpc) is 2.01. The summed E-state index contributed by atoms with van der Waals surface area (Å²) in [7, 11) is 1.36. The molecular weight excluding hydrogens is 152 g/mol. The van der Waals surface area contributed by atoms with E-state index in [1.165, 1.54) is 7.11 Å². The maximum Gasteiger partial charge on any atom is 0.185 e. The lowest BCUT2D eigenvalue weighted by Crippen LogP contribution is -2.53. The van der Waals surface area contributed by atoms with Crippen molar-refractivity contribution in [1.29, 1.82) is 0 Å². The van der Waals surface area contributed by atoms with Crippen molar-refractivity contribution in [3.63, 3.8) is 0 Å². The molecule has 0 unspecified atom stereocenters. The van der Waals surface area contributed by atoms with Crippen LogP contribution in [0.4, 0.5) is 0 Å². The summed E-state index contributed by atoms with van der Waals surface area (Å²) < 4.78 is 9.52. The fourth-order valence-corrected chi connectivity index (χ4v) is 0.987. The van der Waals surface area contributed by atoms with Crippen LogP contribution in [0.3, 0.4) is 0 Å². The highest BCUT2D eigenvalue weighted by Crippen LogP contribution is 2.15. The van der Waals surface area contributed by atoms with Gasteiger partial charge in [-0.05, 0) is 0 Å². The molecule has 0 radical (unpaired) electrons. The molecule has 0 spiro atoms. The molecular formula is C6H12O5. The molecule has 1 fully saturated rings. The van der Waals surface area contributed by atoms with Gasteiger partial charge in [-0.1, -0.05) is 0 Å². The first-order chi connectivity index (χ1) is 5.16. The second-order valence-corrected chi connectivity index (χ2v) is 2.49. The zero-order valence-corrected chi connectivity index (χ0v) is 6.17. The first-order valence-electron chi connectivity index (χ1n) is 3.35. The summed E-state index contributed by atoms with van der Waals surface area (Å²) in [5.74, 6) is 0. The Morgan fingerprint density at radius 1 is 1.27 bits per heavy atom. The van der Waals surface area contributed by atoms with Crippen LogP contribution < -0.4 is 0 Å². The van der Waals surface area contributed by atoms with Gasteiger partial charge in [0.25, 0.3) is 0 Å². The Kier molecular flexibility index (Phi) is 2.80. The lowest BCUT2D eigenvalue weighted by atomic mass is 10.1. The van der Waals surface area contributed by atoms with Crippen molar-refractivity contribution >= 4 is 0 Å². The number of hydrogen-bond acceptors (Lipinski definition) is 5. The van der Waals surface area contributed by atoms with E-state index in [0.29, 0.717) is 0 Å². The predicted molar refractivity (Wildman–Crippen MR) is 34.8 cm³/mol. The molecule has 1 aliphatic heterocycles. The van der Waals surface area contributed by atoms with Crippen LogP contribution >= 0.6 is 0 Å². The van der Waals surface area contributed by atoms with E-state index in [1.54, 1.807) is 0 Å². The van der Waals surface area contributed by atoms with Crippen LogP contribution in [0.15, 0.2) is 0 Å². The minimum Gasteiger partial charge on any atom is -0.388 e. The second-order valence-electron chi connectivity index (χ2n) is 2.49. The molecule has 1 heterocycles. The lowest BCUT2D eigenvalue weighted by molar-refractivity contribution is -0.261. The van der Waals surface area contributed by atoms with Crippen molar-refractivity contribution in [3.05, 3.63) is 0 Å². The normalized spacial score (nSPS) is 45.8. The van der Waals surface area contributed by atoms with E-state index < -0.39 is 24.6 Å². The molecule has 0 saturated carbocycles. The minimum absolute atomic E-state index is 0.0171. The number of aliphatic hydroxyl groups is 3. The highest BCUT2D eigenvalue weighted by atomic mass is 16.7. The molecule has 1 saturated heterocycles. The van der Waals surface area contributed by atoms with Gasteiger partial charge in [0.05, 0.1) is 6.61 Å². The number of aliphatic hydroxyl groups excluding tert-OH is 3. The third kappa shape index (κ3) is 1.69. The van der Waals surface area contributed by atoms with Crippen molar-refractivity contribution < 1.29 is 24.8 Å². The third-order valence-electron chi connectivity index (χ3n) is 1.69. The van der Waals surface area contributed by atoms with Crippen LogP contribution in [0.25, 0.3) is 0 Å². The molecule has 1 rings (SSSR count). The van der Waals surface area contributed by atoms with Gasteiger partial charge < -0.3 is 24.8 Å². The number of rotatable bonds is 1. The lowest BCUT2D eigenvalue weighted by Gasteiger charge is -2.33. The van der Waals surface area contributed by atoms with Crippen molar-refractivity contribution in [1.82, 2.24) is 0 Å². The quantitative estimate of drug-likeness (QED) is 0.420. The predicted octanol–water partition coefficient (Wildman–Crippen LogP) is -1.93. The summed E-state index contributed by atoms with van der Waals surface area (Å²) >= 11 is 0. The summed E-state index contributed by atoms with van der Waals surface area (Å²) in [6.07, 6.45) is -4.23. The molecule has 5 heteroatoms. The van der Waals surface area contributed by atoms with E-state index in [9.17, 15) is 0 Å². The molecule has 0 aliphatic carbocycles. The van der Waals surface area contributed by atoms with Gasteiger partial charge in [0, 0.05) is 7.11 Å². The van der Waals surface area contributed by atoms with Crippen molar-refractivity contribution in [2.24, 2.45) is 0 Å². The van der Waals surface area contributed by atoms with E-state index in [-0.39, 0.29) is 6.61 Å². The van der Waals surface area contributed by atoms with Crippen LogP contribution in [-0.2, 0) is 9.47 Å². The van der Waals surface area contributed by atoms with Crippen molar-refractivity contribution in [2.45, 2.75) is 24.6 Å². The molecule has 4 atom stereocenters. The van der Waals surface area contributed by atoms with Gasteiger partial charge in [-0.2, -0.15) is 0 Å². The third-order valence-corrected chi connectivity index (χ3v) is 1.69. The molecule has 1 aliphatic rings. The van der Waals surface area contributed by atoms with Crippen molar-refractivity contribution in [2.75, 3.05) is 13.7 Å². The van der Waals surface area contributed by atoms with Crippen LogP contribution in [0.1, 0.15) is 0 Å². The fraction of sp³-hybridized carbons (Fsp3) is 1.00. The molecule has 0 amide bonds. The minimum atomic E-state index is -1.19. The van der Waals surface area contributed by atoms with Gasteiger partial charge in [0.1, 0.15) is 18.3 Å². The zero-order chi connectivity index (χ0) is 8.43. The van der Waals surface area contributed by atoms with E-state index in [2.05, 4.69) is 4.74 Å². The Balaban J connectivity index is 2.52. The maximum absolute atomic E-state index is 9.15. The molecule has 0 aromatic heterocycles. The van der Waals surface area contributed by atoms with Crippen LogP contribution in [0.2, 0.25) is 0 Å². The van der Waals surface area contributed by atoms with E-state index in [4.69, 9.17) is 20.1 Å². The topological polar surface area (TPSA) is 79.2 Å². The highest BCUT2D eigenvalue weighted by molar-refractivity contribution is 4.81. The summed E-state index contributed by atoms with van der Waals surface area (Å²) in [6, 6.07) is 0. The summed E-state index contributed by atoms with van der Waals surface area (Å²) in [4.78, 5) is 0. The van der Waals surface area contributed by atoms with Gasteiger partial charge >= 0.3 is 0 Å². The Bertz CT molecular complexity index is 126. The maximum atomic E-state index is 9.15. The standard InChI is InChI=1S/C6H12O5/c1-10-6-5(9)4(8)3(7)2-11-6/h3-9H,2H2,1H3/t3-,4+,5+,6-/m0/s1. The van der Waals surface area contributed by atoms with Gasteiger partial charge in [0.15, 0.2) is 6.29 Å². The van der Waals surface area contributed by atoms with Gasteiger partial charge in [-0.15, -0.1) is 0 Å². The number of hydrogen-bond donors (Lipinski definition) is 3. The summed E-state index contributed by atoms with van der Waals surface area (Å²) in [5, 5.41) is 27.2. The zero-order valence-electron chi connectivity index (χ0n) is 6.17. The van der Waals surface area contributed by atoms with Crippen LogP contribution in [-0.4, -0.2) is 53.6 Å². The largest absolute Gasteiger partial charge is 0.388 e. The highest BCUT2D eigenvalue weighted by Gasteiger charge is 2.37. The average molecular weight is 164 g/mol. The van der Waals surface area contributed by atoms with Crippen molar-refractivity contribution in [3.8, 4) is 0 Å². The van der Waals surface area contributed by atoms with E-state index in [1.807, 2.05) is 0 Å². The molecule has 11 heavy (non-hydrogen) atoms. The van der Waals surface area contributed by atoms with Gasteiger partial charge in [0.2, 0.25) is 0 Å². The number of methoxy groups -OCH3 is 1. The molecule has 0 aromatic rings. The second kappa shape index (κ2) is 3.46. The number of ether oxygens (including phenoxy) is 2. The fourth-order valence-electron chi connectivity index (χ4n) is 0.987. The molecule has 3 N–H and O–H groups in total. The van der Waals surface area contributed by atoms with Crippen LogP contribution in [0.5, 0.6) is 0 Å². The molecule has 66 valence electrons. The summed E-state index contributed by atoms with van der Waals surface area (Å²) in [5.41, 5.74) is 0. The van der Waals surface area contributed by atoms with Crippen LogP contribution in [0, 0.1) is 0 Å². The first kappa shape index (κ1) is 8.89. The van der Waals surface area contributed by atoms with Gasteiger partial charge in [-0.3, -0.25) is 0 Å². The van der Waals surface area contributed by atoms with Gasteiger partial charge in [-0.25, -0.2) is 0 Å². The Morgan fingerprint density at radius 3 is 2.45 bits per heavy atom. The monoisotopic (exact) mass is 164 g/mol. The smallest absolute Gasteiger partial charge is 0.185 e. The molecule has 0 aromatic carbocycles. The Labute approximate surface area is 64.2 Å². The Hall–Kier alpha value is -0.200. The Morgan fingerprint density at radius 2 is 1.91 bits per heavy atom. The summed E-state index contributed by atoms with van der Waals surface area (Å²) in [6.45, 7) is -0.0171. The molecule has 5 nitrogen and oxygen atoms in total. The van der Waals surface area contributed by atoms with E-state index >= 15 is 0 Å². The molecule has 0 bridgehead atoms.